The van der Waals surface area contributed by atoms with Crippen LogP contribution < -0.4 is 10.6 Å². The molecule has 2 aromatic carbocycles. The van der Waals surface area contributed by atoms with E-state index in [1.165, 1.54) is 0 Å². The highest BCUT2D eigenvalue weighted by atomic mass is 16.6. The van der Waals surface area contributed by atoms with Gasteiger partial charge in [0.2, 0.25) is 11.8 Å². The van der Waals surface area contributed by atoms with Gasteiger partial charge in [0.05, 0.1) is 0 Å². The molecule has 0 aliphatic carbocycles. The summed E-state index contributed by atoms with van der Waals surface area (Å²) in [5.74, 6) is -1.80. The minimum Gasteiger partial charge on any atom is -0.458 e. The van der Waals surface area contributed by atoms with Crippen LogP contribution in [0.1, 0.15) is 119 Å². The Morgan fingerprint density at radius 3 is 1.79 bits per heavy atom. The molecule has 0 saturated heterocycles. The first-order chi connectivity index (χ1) is 22.2. The first kappa shape index (κ1) is 40.3. The largest absolute Gasteiger partial charge is 0.458 e. The Morgan fingerprint density at radius 1 is 0.750 bits per heavy atom. The van der Waals surface area contributed by atoms with Crippen LogP contribution in [-0.2, 0) is 36.7 Å². The van der Waals surface area contributed by atoms with Crippen LogP contribution in [0.3, 0.4) is 0 Å². The van der Waals surface area contributed by atoms with Crippen LogP contribution in [0.15, 0.2) is 54.6 Å². The molecule has 0 aliphatic rings. The van der Waals surface area contributed by atoms with Crippen molar-refractivity contribution < 1.29 is 28.7 Å². The van der Waals surface area contributed by atoms with Crippen LogP contribution in [0, 0.1) is 5.92 Å². The zero-order valence-corrected chi connectivity index (χ0v) is 31.2. The highest BCUT2D eigenvalue weighted by Gasteiger charge is 2.45. The molecule has 0 bridgehead atoms. The van der Waals surface area contributed by atoms with Crippen LogP contribution in [0.4, 0.5) is 4.79 Å². The third kappa shape index (κ3) is 12.0. The first-order valence-electron chi connectivity index (χ1n) is 17.2. The van der Waals surface area contributed by atoms with Crippen LogP contribution >= 0.6 is 0 Å². The minimum absolute atomic E-state index is 0.198. The Hall–Kier alpha value is -3.88. The van der Waals surface area contributed by atoms with Crippen LogP contribution in [0.2, 0.25) is 0 Å². The second kappa shape index (κ2) is 17.0. The minimum atomic E-state index is -1.13. The number of aryl methyl sites for hydroxylation is 1. The Balaban J connectivity index is 2.73. The van der Waals surface area contributed by atoms with Gasteiger partial charge in [-0.2, -0.15) is 0 Å². The molecule has 2 rings (SSSR count). The lowest BCUT2D eigenvalue weighted by molar-refractivity contribution is -0.159. The summed E-state index contributed by atoms with van der Waals surface area (Å²) in [4.78, 5) is 57.8. The predicted octanol–water partition coefficient (Wildman–Crippen LogP) is 7.32. The average Bonchev–Trinajstić information content (AvgIpc) is 3.00. The quantitative estimate of drug-likeness (QED) is 0.205. The van der Waals surface area contributed by atoms with Crippen molar-refractivity contribution in [1.82, 2.24) is 15.5 Å². The molecule has 9 heteroatoms. The summed E-state index contributed by atoms with van der Waals surface area (Å²) in [6.45, 7) is 22.3. The molecule has 4 unspecified atom stereocenters. The lowest BCUT2D eigenvalue weighted by Crippen LogP contribution is -2.61. The van der Waals surface area contributed by atoms with E-state index in [0.717, 1.165) is 17.5 Å². The smallest absolute Gasteiger partial charge is 0.408 e. The van der Waals surface area contributed by atoms with E-state index in [0.29, 0.717) is 18.4 Å². The van der Waals surface area contributed by atoms with Gasteiger partial charge in [-0.05, 0) is 90.8 Å². The molecule has 2 aromatic rings. The Bertz CT molecular complexity index is 1360. The van der Waals surface area contributed by atoms with Crippen molar-refractivity contribution in [2.75, 3.05) is 0 Å². The predicted molar refractivity (Wildman–Crippen MR) is 190 cm³/mol. The standard InChI is InChI=1S/C39H59N3O6/c1-13-26(4)31(41-36(46)48-38(8,9)10)34(44)42(39(11,12)15-3)32(29-23-21-27(14-2)22-24-29)33(43)40-30(35(45)47-37(5,6)7)25-28-19-17-16-18-20-28/h16-24,26,30-32H,13-15,25H2,1-12H3,(H,40,43)(H,41,46). The number of amides is 3. The fourth-order valence-corrected chi connectivity index (χ4v) is 5.23. The summed E-state index contributed by atoms with van der Waals surface area (Å²) in [6.07, 6.45) is 1.38. The molecule has 9 nitrogen and oxygen atoms in total. The second-order valence-electron chi connectivity index (χ2n) is 15.2. The van der Waals surface area contributed by atoms with Crippen molar-refractivity contribution in [3.63, 3.8) is 0 Å². The molecule has 2 N–H and O–H groups in total. The van der Waals surface area contributed by atoms with E-state index in [1.807, 2.05) is 96.1 Å². The Morgan fingerprint density at radius 2 is 1.31 bits per heavy atom. The molecule has 0 aliphatic heterocycles. The maximum atomic E-state index is 14.9. The van der Waals surface area contributed by atoms with Crippen molar-refractivity contribution in [2.24, 2.45) is 5.92 Å². The van der Waals surface area contributed by atoms with E-state index in [4.69, 9.17) is 9.47 Å². The van der Waals surface area contributed by atoms with Gasteiger partial charge >= 0.3 is 12.1 Å². The van der Waals surface area contributed by atoms with Crippen LogP contribution in [-0.4, -0.2) is 57.6 Å². The van der Waals surface area contributed by atoms with Gasteiger partial charge in [-0.1, -0.05) is 88.7 Å². The molecule has 0 spiro atoms. The lowest BCUT2D eigenvalue weighted by atomic mass is 9.89. The van der Waals surface area contributed by atoms with Gasteiger partial charge in [0.15, 0.2) is 0 Å². The van der Waals surface area contributed by atoms with E-state index in [9.17, 15) is 19.2 Å². The topological polar surface area (TPSA) is 114 Å². The molecular formula is C39H59N3O6. The van der Waals surface area contributed by atoms with Gasteiger partial charge in [0.1, 0.15) is 29.3 Å². The summed E-state index contributed by atoms with van der Waals surface area (Å²) in [6, 6.07) is 13.9. The summed E-state index contributed by atoms with van der Waals surface area (Å²) < 4.78 is 11.3. The van der Waals surface area contributed by atoms with Crippen molar-refractivity contribution in [3.8, 4) is 0 Å². The number of rotatable bonds is 14. The molecule has 0 radical (unpaired) electrons. The monoisotopic (exact) mass is 665 g/mol. The van der Waals surface area contributed by atoms with E-state index < -0.39 is 58.7 Å². The van der Waals surface area contributed by atoms with Crippen LogP contribution in [0.25, 0.3) is 0 Å². The third-order valence-corrected chi connectivity index (χ3v) is 8.41. The molecule has 0 heterocycles. The molecular weight excluding hydrogens is 606 g/mol. The van der Waals surface area contributed by atoms with Crippen molar-refractivity contribution in [2.45, 2.75) is 144 Å². The number of nitrogens with one attached hydrogen (secondary N) is 2. The number of esters is 1. The SMILES string of the molecule is CCc1ccc(C(C(=O)NC(Cc2ccccc2)C(=O)OC(C)(C)C)N(C(=O)C(NC(=O)OC(C)(C)C)C(C)CC)C(C)(C)CC)cc1. The average molecular weight is 666 g/mol. The summed E-state index contributed by atoms with van der Waals surface area (Å²) >= 11 is 0. The Labute approximate surface area is 288 Å². The molecule has 3 amide bonds. The van der Waals surface area contributed by atoms with Crippen molar-refractivity contribution in [3.05, 3.63) is 71.3 Å². The lowest BCUT2D eigenvalue weighted by Gasteiger charge is -2.45. The number of carbonyl (C=O) groups excluding carboxylic acids is 4. The number of nitrogens with zero attached hydrogens (tertiary/aromatic N) is 1. The number of hydrogen-bond donors (Lipinski definition) is 2. The number of alkyl carbamates (subject to hydrolysis) is 1. The normalized spacial score (nSPS) is 14.6. The highest BCUT2D eigenvalue weighted by molar-refractivity contribution is 5.94. The second-order valence-corrected chi connectivity index (χ2v) is 15.2. The summed E-state index contributed by atoms with van der Waals surface area (Å²) in [7, 11) is 0. The molecule has 0 saturated carbocycles. The van der Waals surface area contributed by atoms with Gasteiger partial charge in [0.25, 0.3) is 0 Å². The number of benzene rings is 2. The first-order valence-corrected chi connectivity index (χ1v) is 17.2. The maximum absolute atomic E-state index is 14.9. The Kier molecular flexibility index (Phi) is 14.3. The van der Waals surface area contributed by atoms with E-state index >= 15 is 0 Å². The van der Waals surface area contributed by atoms with Gasteiger partial charge in [-0.15, -0.1) is 0 Å². The third-order valence-electron chi connectivity index (χ3n) is 8.41. The molecule has 48 heavy (non-hydrogen) atoms. The highest BCUT2D eigenvalue weighted by Crippen LogP contribution is 2.34. The van der Waals surface area contributed by atoms with Gasteiger partial charge in [0, 0.05) is 12.0 Å². The van der Waals surface area contributed by atoms with E-state index in [-0.39, 0.29) is 12.3 Å². The van der Waals surface area contributed by atoms with Gasteiger partial charge < -0.3 is 25.0 Å². The van der Waals surface area contributed by atoms with Crippen molar-refractivity contribution >= 4 is 23.9 Å². The molecule has 4 atom stereocenters. The summed E-state index contributed by atoms with van der Waals surface area (Å²) in [5, 5.41) is 5.80. The molecule has 266 valence electrons. The molecule has 0 fully saturated rings. The zero-order valence-electron chi connectivity index (χ0n) is 31.2. The van der Waals surface area contributed by atoms with E-state index in [2.05, 4.69) is 10.6 Å². The fraction of sp³-hybridized carbons (Fsp3) is 0.590. The summed E-state index contributed by atoms with van der Waals surface area (Å²) in [5.41, 5.74) is 0.110. The number of carbonyl (C=O) groups is 4. The molecule has 0 aromatic heterocycles. The van der Waals surface area contributed by atoms with Gasteiger partial charge in [-0.3, -0.25) is 9.59 Å². The number of hydrogen-bond acceptors (Lipinski definition) is 6. The van der Waals surface area contributed by atoms with Crippen LogP contribution in [0.5, 0.6) is 0 Å². The van der Waals surface area contributed by atoms with Crippen molar-refractivity contribution in [1.29, 1.82) is 0 Å². The maximum Gasteiger partial charge on any atom is 0.408 e. The fourth-order valence-electron chi connectivity index (χ4n) is 5.23. The van der Waals surface area contributed by atoms with Gasteiger partial charge in [-0.25, -0.2) is 9.59 Å². The number of ether oxygens (including phenoxy) is 2. The zero-order chi connectivity index (χ0) is 36.4. The van der Waals surface area contributed by atoms with E-state index in [1.54, 1.807) is 46.4 Å².